The van der Waals surface area contributed by atoms with Crippen LogP contribution < -0.4 is 0 Å². The van der Waals surface area contributed by atoms with Gasteiger partial charge in [-0.1, -0.05) is 18.2 Å². The number of carbonyl (C=O) groups is 1. The van der Waals surface area contributed by atoms with Gasteiger partial charge in [-0.3, -0.25) is 9.69 Å². The van der Waals surface area contributed by atoms with E-state index in [1.165, 1.54) is 0 Å². The first-order valence-corrected chi connectivity index (χ1v) is 8.66. The molecule has 1 saturated heterocycles. The van der Waals surface area contributed by atoms with E-state index in [1.54, 1.807) is 4.90 Å². The lowest BCUT2D eigenvalue weighted by Crippen LogP contribution is -2.43. The Hall–Kier alpha value is -1.85. The van der Waals surface area contributed by atoms with Crippen molar-refractivity contribution in [2.75, 3.05) is 33.3 Å². The Balaban J connectivity index is 1.60. The topological polar surface area (TPSA) is 56.9 Å². The lowest BCUT2D eigenvalue weighted by Gasteiger charge is -2.32. The highest BCUT2D eigenvalue weighted by Crippen LogP contribution is 2.27. The van der Waals surface area contributed by atoms with Crippen LogP contribution in [0.3, 0.4) is 0 Å². The molecule has 2 heterocycles. The average molecular weight is 330 g/mol. The Morgan fingerprint density at radius 1 is 1.38 bits per heavy atom. The van der Waals surface area contributed by atoms with Crippen molar-refractivity contribution in [3.8, 4) is 0 Å². The van der Waals surface area contributed by atoms with Crippen LogP contribution in [0, 0.1) is 5.92 Å². The zero-order chi connectivity index (χ0) is 17.1. The van der Waals surface area contributed by atoms with Crippen molar-refractivity contribution in [3.63, 3.8) is 0 Å². The molecule has 1 aliphatic heterocycles. The minimum atomic E-state index is -0.0973. The van der Waals surface area contributed by atoms with E-state index in [9.17, 15) is 9.90 Å². The number of carbonyl (C=O) groups excluding carboxylic acids is 1. The number of likely N-dealkylation sites (N-methyl/N-ethyl adjacent to an activating group) is 1. The third kappa shape index (κ3) is 3.62. The van der Waals surface area contributed by atoms with Crippen LogP contribution in [0.4, 0.5) is 0 Å². The summed E-state index contributed by atoms with van der Waals surface area (Å²) in [5.41, 5.74) is 0.853. The van der Waals surface area contributed by atoms with Gasteiger partial charge in [0.15, 0.2) is 0 Å². The molecular formula is C19H26N2O3. The molecule has 2 aromatic rings. The largest absolute Gasteiger partial charge is 0.459 e. The van der Waals surface area contributed by atoms with Crippen LogP contribution in [0.5, 0.6) is 0 Å². The van der Waals surface area contributed by atoms with E-state index in [1.807, 2.05) is 44.3 Å². The highest BCUT2D eigenvalue weighted by molar-refractivity contribution is 5.80. The molecule has 0 saturated carbocycles. The summed E-state index contributed by atoms with van der Waals surface area (Å²) in [6.07, 6.45) is 1.93. The van der Waals surface area contributed by atoms with Gasteiger partial charge >= 0.3 is 0 Å². The zero-order valence-electron chi connectivity index (χ0n) is 14.4. The molecule has 0 spiro atoms. The summed E-state index contributed by atoms with van der Waals surface area (Å²) in [6.45, 7) is 4.44. The average Bonchev–Trinajstić information content (AvgIpc) is 3.05. The Morgan fingerprint density at radius 3 is 2.75 bits per heavy atom. The van der Waals surface area contributed by atoms with Gasteiger partial charge in [-0.2, -0.15) is 0 Å². The molecule has 24 heavy (non-hydrogen) atoms. The molecule has 130 valence electrons. The molecule has 1 amide bonds. The number of hydrogen-bond acceptors (Lipinski definition) is 4. The molecule has 5 nitrogen and oxygen atoms in total. The fourth-order valence-corrected chi connectivity index (χ4v) is 3.25. The predicted molar refractivity (Wildman–Crippen MR) is 93.6 cm³/mol. The lowest BCUT2D eigenvalue weighted by molar-refractivity contribution is -0.133. The minimum absolute atomic E-state index is 0.0973. The summed E-state index contributed by atoms with van der Waals surface area (Å²) >= 11 is 0. The van der Waals surface area contributed by atoms with Crippen LogP contribution in [-0.4, -0.2) is 54.1 Å². The second kappa shape index (κ2) is 7.36. The van der Waals surface area contributed by atoms with Gasteiger partial charge in [-0.15, -0.1) is 0 Å². The summed E-state index contributed by atoms with van der Waals surface area (Å²) in [5.74, 6) is 1.31. The Bertz CT molecular complexity index is 656. The third-order valence-corrected chi connectivity index (χ3v) is 5.15. The number of para-hydroxylation sites is 1. The molecular weight excluding hydrogens is 304 g/mol. The van der Waals surface area contributed by atoms with Crippen LogP contribution in [0.2, 0.25) is 0 Å². The third-order valence-electron chi connectivity index (χ3n) is 5.15. The highest BCUT2D eigenvalue weighted by Gasteiger charge is 2.25. The van der Waals surface area contributed by atoms with Crippen molar-refractivity contribution in [1.82, 2.24) is 9.80 Å². The molecule has 3 rings (SSSR count). The van der Waals surface area contributed by atoms with E-state index in [0.29, 0.717) is 12.5 Å². The van der Waals surface area contributed by atoms with Crippen molar-refractivity contribution in [3.05, 3.63) is 36.1 Å². The SMILES string of the molecule is CC(c1cc2ccccc2o1)N(C)C(=O)CN1CCC(CO)CC1. The van der Waals surface area contributed by atoms with Gasteiger partial charge in [0.25, 0.3) is 0 Å². The van der Waals surface area contributed by atoms with Crippen molar-refractivity contribution >= 4 is 16.9 Å². The molecule has 1 fully saturated rings. The summed E-state index contributed by atoms with van der Waals surface area (Å²) in [6, 6.07) is 9.81. The molecule has 0 aliphatic carbocycles. The standard InChI is InChI=1S/C19H26N2O3/c1-14(18-11-16-5-3-4-6-17(16)24-18)20(2)19(23)12-21-9-7-15(13-22)8-10-21/h3-6,11,14-15,22H,7-10,12-13H2,1-2H3. The van der Waals surface area contributed by atoms with Crippen LogP contribution in [-0.2, 0) is 4.79 Å². The van der Waals surface area contributed by atoms with Crippen molar-refractivity contribution in [1.29, 1.82) is 0 Å². The van der Waals surface area contributed by atoms with Crippen LogP contribution in [0.15, 0.2) is 34.7 Å². The maximum Gasteiger partial charge on any atom is 0.237 e. The number of furan rings is 1. The molecule has 0 bridgehead atoms. The lowest BCUT2D eigenvalue weighted by atomic mass is 9.98. The number of nitrogens with zero attached hydrogens (tertiary/aromatic N) is 2. The molecule has 1 aliphatic rings. The van der Waals surface area contributed by atoms with Crippen molar-refractivity contribution < 1.29 is 14.3 Å². The number of fused-ring (bicyclic) bond motifs is 1. The summed E-state index contributed by atoms with van der Waals surface area (Å²) in [7, 11) is 1.83. The Morgan fingerprint density at radius 2 is 2.08 bits per heavy atom. The molecule has 1 unspecified atom stereocenters. The van der Waals surface area contributed by atoms with Crippen molar-refractivity contribution in [2.24, 2.45) is 5.92 Å². The van der Waals surface area contributed by atoms with Crippen LogP contribution in [0.25, 0.3) is 11.0 Å². The van der Waals surface area contributed by atoms with E-state index >= 15 is 0 Å². The van der Waals surface area contributed by atoms with Crippen LogP contribution in [0.1, 0.15) is 31.6 Å². The first-order chi connectivity index (χ1) is 11.6. The molecule has 1 N–H and O–H groups in total. The normalized spacial score (nSPS) is 18.0. The molecule has 1 aromatic carbocycles. The number of amides is 1. The minimum Gasteiger partial charge on any atom is -0.459 e. The van der Waals surface area contributed by atoms with E-state index in [2.05, 4.69) is 4.90 Å². The first-order valence-electron chi connectivity index (χ1n) is 8.66. The van der Waals surface area contributed by atoms with E-state index in [4.69, 9.17) is 4.42 Å². The second-order valence-corrected chi connectivity index (χ2v) is 6.77. The van der Waals surface area contributed by atoms with Crippen molar-refractivity contribution in [2.45, 2.75) is 25.8 Å². The van der Waals surface area contributed by atoms with Gasteiger partial charge < -0.3 is 14.4 Å². The van der Waals surface area contributed by atoms with Gasteiger partial charge in [0.2, 0.25) is 5.91 Å². The fourth-order valence-electron chi connectivity index (χ4n) is 3.25. The number of aliphatic hydroxyl groups is 1. The van der Waals surface area contributed by atoms with Gasteiger partial charge in [-0.25, -0.2) is 0 Å². The van der Waals surface area contributed by atoms with Gasteiger partial charge in [0, 0.05) is 19.0 Å². The fraction of sp³-hybridized carbons (Fsp3) is 0.526. The Kier molecular flexibility index (Phi) is 5.21. The number of likely N-dealkylation sites (tertiary alicyclic amines) is 1. The van der Waals surface area contributed by atoms with Gasteiger partial charge in [-0.05, 0) is 50.9 Å². The number of piperidine rings is 1. The van der Waals surface area contributed by atoms with Gasteiger partial charge in [0.1, 0.15) is 11.3 Å². The number of aliphatic hydroxyl groups excluding tert-OH is 1. The van der Waals surface area contributed by atoms with Gasteiger partial charge in [0.05, 0.1) is 12.6 Å². The number of rotatable bonds is 5. The smallest absolute Gasteiger partial charge is 0.237 e. The van der Waals surface area contributed by atoms with Crippen LogP contribution >= 0.6 is 0 Å². The summed E-state index contributed by atoms with van der Waals surface area (Å²) in [4.78, 5) is 16.5. The maximum absolute atomic E-state index is 12.6. The summed E-state index contributed by atoms with van der Waals surface area (Å²) < 4.78 is 5.88. The molecule has 0 radical (unpaired) electrons. The molecule has 5 heteroatoms. The summed E-state index contributed by atoms with van der Waals surface area (Å²) in [5, 5.41) is 10.3. The Labute approximate surface area is 142 Å². The van der Waals surface area contributed by atoms with E-state index in [0.717, 1.165) is 42.7 Å². The quantitative estimate of drug-likeness (QED) is 0.916. The molecule has 1 atom stereocenters. The first kappa shape index (κ1) is 17.0. The van der Waals surface area contributed by atoms with E-state index in [-0.39, 0.29) is 18.6 Å². The zero-order valence-corrected chi connectivity index (χ0v) is 14.4. The highest BCUT2D eigenvalue weighted by atomic mass is 16.3. The second-order valence-electron chi connectivity index (χ2n) is 6.77. The predicted octanol–water partition coefficient (Wildman–Crippen LogP) is 2.66. The molecule has 1 aromatic heterocycles. The monoisotopic (exact) mass is 330 g/mol. The number of hydrogen-bond donors (Lipinski definition) is 1. The van der Waals surface area contributed by atoms with E-state index < -0.39 is 0 Å². The maximum atomic E-state index is 12.6. The number of benzene rings is 1.